The maximum atomic E-state index is 13.0. The number of nitrogens with one attached hydrogen (secondary N) is 2. The van der Waals surface area contributed by atoms with Crippen LogP contribution in [0.2, 0.25) is 0 Å². The van der Waals surface area contributed by atoms with Gasteiger partial charge in [0, 0.05) is 12.1 Å². The van der Waals surface area contributed by atoms with Crippen molar-refractivity contribution >= 4 is 23.2 Å². The fraction of sp³-hybridized carbons (Fsp3) is 0.200. The molecule has 0 fully saturated rings. The summed E-state index contributed by atoms with van der Waals surface area (Å²) in [5.41, 5.74) is 7.70. The predicted molar refractivity (Wildman–Crippen MR) is 154 cm³/mol. The van der Waals surface area contributed by atoms with Crippen molar-refractivity contribution in [2.75, 3.05) is 14.2 Å². The van der Waals surface area contributed by atoms with E-state index in [0.29, 0.717) is 29.2 Å². The first-order valence-electron chi connectivity index (χ1n) is 12.7. The van der Waals surface area contributed by atoms with Gasteiger partial charge in [-0.05, 0) is 55.8 Å². The van der Waals surface area contributed by atoms with Gasteiger partial charge in [0.1, 0.15) is 12.4 Å². The largest absolute Gasteiger partial charge is 0.493 e. The second-order valence-corrected chi connectivity index (χ2v) is 9.39. The maximum Gasteiger partial charge on any atom is 0.280 e. The topological polar surface area (TPSA) is 116 Å². The summed E-state index contributed by atoms with van der Waals surface area (Å²) in [4.78, 5) is 30.7. The average molecular weight is 539 g/mol. The van der Waals surface area contributed by atoms with E-state index in [1.165, 1.54) is 10.9 Å². The number of H-pyrrole nitrogens is 1. The van der Waals surface area contributed by atoms with E-state index in [1.807, 2.05) is 78.2 Å². The number of hydrogen-bond acceptors (Lipinski definition) is 6. The molecule has 2 aromatic heterocycles. The number of imidazole rings is 1. The molecule has 1 amide bonds. The summed E-state index contributed by atoms with van der Waals surface area (Å²) in [5.74, 6) is 1.63. The van der Waals surface area contributed by atoms with Crippen LogP contribution < -0.4 is 20.5 Å². The van der Waals surface area contributed by atoms with Crippen LogP contribution in [-0.2, 0) is 17.8 Å². The van der Waals surface area contributed by atoms with Gasteiger partial charge in [0.25, 0.3) is 11.5 Å². The minimum atomic E-state index is -0.347. The van der Waals surface area contributed by atoms with Gasteiger partial charge in [-0.2, -0.15) is 5.10 Å². The predicted octanol–water partition coefficient (Wildman–Crippen LogP) is 3.89. The van der Waals surface area contributed by atoms with E-state index in [2.05, 4.69) is 15.6 Å². The normalized spacial score (nSPS) is 11.3. The fourth-order valence-corrected chi connectivity index (χ4v) is 4.54. The van der Waals surface area contributed by atoms with Gasteiger partial charge in [-0.3, -0.25) is 14.7 Å². The molecule has 2 N–H and O–H groups in total. The highest BCUT2D eigenvalue weighted by atomic mass is 16.5. The summed E-state index contributed by atoms with van der Waals surface area (Å²) in [6.45, 7) is 3.77. The summed E-state index contributed by atoms with van der Waals surface area (Å²) in [6.07, 6.45) is 1.85. The highest BCUT2D eigenvalue weighted by Crippen LogP contribution is 2.29. The Balaban J connectivity index is 1.35. The number of carbonyl (C=O) groups is 1. The first-order valence-corrected chi connectivity index (χ1v) is 12.7. The third-order valence-corrected chi connectivity index (χ3v) is 6.64. The van der Waals surface area contributed by atoms with E-state index >= 15 is 0 Å². The van der Waals surface area contributed by atoms with Gasteiger partial charge >= 0.3 is 0 Å². The Morgan fingerprint density at radius 1 is 1.02 bits per heavy atom. The van der Waals surface area contributed by atoms with E-state index in [-0.39, 0.29) is 18.0 Å². The molecule has 0 spiro atoms. The number of ether oxygens (including phenoxy) is 2. The molecule has 5 rings (SSSR count). The minimum Gasteiger partial charge on any atom is -0.493 e. The first-order chi connectivity index (χ1) is 19.4. The molecule has 0 bridgehead atoms. The molecule has 0 saturated carbocycles. The molecule has 0 saturated heterocycles. The molecule has 0 aliphatic heterocycles. The van der Waals surface area contributed by atoms with Crippen molar-refractivity contribution in [2.45, 2.75) is 26.8 Å². The second kappa shape index (κ2) is 11.3. The van der Waals surface area contributed by atoms with Crippen LogP contribution in [0.5, 0.6) is 11.5 Å². The van der Waals surface area contributed by atoms with Gasteiger partial charge in [0.15, 0.2) is 11.5 Å². The smallest absolute Gasteiger partial charge is 0.280 e. The number of hydrazone groups is 1. The highest BCUT2D eigenvalue weighted by molar-refractivity contribution is 5.84. The number of aromatic amines is 1. The number of para-hydroxylation sites is 2. The lowest BCUT2D eigenvalue weighted by Crippen LogP contribution is -2.25. The van der Waals surface area contributed by atoms with Crippen LogP contribution in [0.15, 0.2) is 76.6 Å². The summed E-state index contributed by atoms with van der Waals surface area (Å²) in [6, 6.07) is 20.9. The number of aromatic nitrogens is 4. The molecule has 40 heavy (non-hydrogen) atoms. The zero-order valence-corrected chi connectivity index (χ0v) is 22.8. The summed E-state index contributed by atoms with van der Waals surface area (Å²) >= 11 is 0. The van der Waals surface area contributed by atoms with Crippen molar-refractivity contribution in [1.82, 2.24) is 24.8 Å². The SMILES string of the molecule is COc1ccc(Cc2nc3ccccc3n2CC(=O)N/N=C/c2c(C)[nH]n(-c3ccc(C)cc3)c2=O)cc1OC. The minimum absolute atomic E-state index is 0.000192. The number of rotatable bonds is 9. The highest BCUT2D eigenvalue weighted by Gasteiger charge is 2.16. The van der Waals surface area contributed by atoms with Crippen molar-refractivity contribution in [2.24, 2.45) is 5.10 Å². The van der Waals surface area contributed by atoms with Crippen LogP contribution in [0.1, 0.15) is 28.2 Å². The lowest BCUT2D eigenvalue weighted by atomic mass is 10.1. The van der Waals surface area contributed by atoms with Gasteiger partial charge < -0.3 is 14.0 Å². The van der Waals surface area contributed by atoms with Crippen LogP contribution in [0.3, 0.4) is 0 Å². The van der Waals surface area contributed by atoms with E-state index in [4.69, 9.17) is 14.5 Å². The van der Waals surface area contributed by atoms with Gasteiger partial charge in [0.05, 0.1) is 42.7 Å². The molecule has 2 heterocycles. The summed E-state index contributed by atoms with van der Waals surface area (Å²) < 4.78 is 14.1. The van der Waals surface area contributed by atoms with E-state index < -0.39 is 0 Å². The molecule has 10 heteroatoms. The zero-order chi connectivity index (χ0) is 28.2. The standard InChI is InChI=1S/C30H30N6O4/c1-19-9-12-22(13-10-19)36-30(38)23(20(2)34-36)17-31-33-29(37)18-35-25-8-6-5-7-24(25)32-28(35)16-21-11-14-26(39-3)27(15-21)40-4/h5-15,17,34H,16,18H2,1-4H3,(H,33,37)/b31-17+. The molecule has 0 atom stereocenters. The number of amides is 1. The van der Waals surface area contributed by atoms with Crippen LogP contribution >= 0.6 is 0 Å². The molecule has 0 aliphatic rings. The number of nitrogens with zero attached hydrogens (tertiary/aromatic N) is 4. The van der Waals surface area contributed by atoms with Gasteiger partial charge in [-0.15, -0.1) is 0 Å². The number of fused-ring (bicyclic) bond motifs is 1. The molecule has 10 nitrogen and oxygen atoms in total. The second-order valence-electron chi connectivity index (χ2n) is 9.39. The summed E-state index contributed by atoms with van der Waals surface area (Å²) in [5, 5.41) is 7.14. The van der Waals surface area contributed by atoms with Gasteiger partial charge in [-0.1, -0.05) is 35.9 Å². The number of aryl methyl sites for hydroxylation is 2. The van der Waals surface area contributed by atoms with Crippen LogP contribution in [-0.4, -0.2) is 45.7 Å². The summed E-state index contributed by atoms with van der Waals surface area (Å²) in [7, 11) is 3.18. The van der Waals surface area contributed by atoms with Crippen molar-refractivity contribution in [3.63, 3.8) is 0 Å². The monoisotopic (exact) mass is 538 g/mol. The third-order valence-electron chi connectivity index (χ3n) is 6.64. The Morgan fingerprint density at radius 3 is 2.52 bits per heavy atom. The first kappa shape index (κ1) is 26.5. The molecule has 0 aliphatic carbocycles. The Morgan fingerprint density at radius 2 is 1.77 bits per heavy atom. The van der Waals surface area contributed by atoms with E-state index in [0.717, 1.165) is 33.7 Å². The van der Waals surface area contributed by atoms with E-state index in [9.17, 15) is 9.59 Å². The van der Waals surface area contributed by atoms with Crippen LogP contribution in [0.4, 0.5) is 0 Å². The third kappa shape index (κ3) is 5.37. The number of benzene rings is 3. The fourth-order valence-electron chi connectivity index (χ4n) is 4.54. The number of methoxy groups -OCH3 is 2. The zero-order valence-electron chi connectivity index (χ0n) is 22.8. The Hall–Kier alpha value is -5.12. The quantitative estimate of drug-likeness (QED) is 0.218. The van der Waals surface area contributed by atoms with Gasteiger partial charge in [-0.25, -0.2) is 15.1 Å². The van der Waals surface area contributed by atoms with Crippen LogP contribution in [0, 0.1) is 13.8 Å². The van der Waals surface area contributed by atoms with Crippen molar-refractivity contribution in [1.29, 1.82) is 0 Å². The molecule has 5 aromatic rings. The molecule has 0 radical (unpaired) electrons. The van der Waals surface area contributed by atoms with Crippen LogP contribution in [0.25, 0.3) is 16.7 Å². The Kier molecular flexibility index (Phi) is 7.50. The Bertz CT molecular complexity index is 1760. The average Bonchev–Trinajstić information content (AvgIpc) is 3.44. The number of hydrogen-bond donors (Lipinski definition) is 2. The number of carbonyl (C=O) groups excluding carboxylic acids is 1. The molecule has 0 unspecified atom stereocenters. The van der Waals surface area contributed by atoms with Gasteiger partial charge in [0.2, 0.25) is 0 Å². The Labute approximate surface area is 230 Å². The maximum absolute atomic E-state index is 13.0. The lowest BCUT2D eigenvalue weighted by molar-refractivity contribution is -0.121. The van der Waals surface area contributed by atoms with E-state index in [1.54, 1.807) is 21.1 Å². The van der Waals surface area contributed by atoms with Crippen molar-refractivity contribution in [3.05, 3.63) is 105 Å². The molecular formula is C30H30N6O4. The molecular weight excluding hydrogens is 508 g/mol. The lowest BCUT2D eigenvalue weighted by Gasteiger charge is -2.11. The molecule has 204 valence electrons. The van der Waals surface area contributed by atoms with Crippen molar-refractivity contribution in [3.8, 4) is 17.2 Å². The van der Waals surface area contributed by atoms with Crippen molar-refractivity contribution < 1.29 is 14.3 Å². The molecule has 3 aromatic carbocycles.